The maximum absolute atomic E-state index is 12.3. The van der Waals surface area contributed by atoms with Crippen LogP contribution in [0.15, 0.2) is 30.3 Å². The first-order valence-electron chi connectivity index (χ1n) is 8.04. The van der Waals surface area contributed by atoms with Gasteiger partial charge in [0, 0.05) is 38.4 Å². The maximum Gasteiger partial charge on any atom is 0.251 e. The third-order valence-corrected chi connectivity index (χ3v) is 3.96. The standard InChI is InChI=1S/C18H24N2O3/c1-3-20(13-16-5-4-12-23-16)17(21)11-8-14-6-9-15(10-7-14)18(22)19-2/h6-11,16H,3-5,12-13H2,1-2H3,(H,19,22)/b11-8+/t16-/m1/s1. The third kappa shape index (κ3) is 4.93. The topological polar surface area (TPSA) is 58.6 Å². The molecule has 0 aliphatic carbocycles. The summed E-state index contributed by atoms with van der Waals surface area (Å²) in [5.41, 5.74) is 1.49. The van der Waals surface area contributed by atoms with Gasteiger partial charge in [-0.1, -0.05) is 12.1 Å². The molecule has 1 atom stereocenters. The van der Waals surface area contributed by atoms with E-state index >= 15 is 0 Å². The average molecular weight is 316 g/mol. The number of carbonyl (C=O) groups is 2. The third-order valence-electron chi connectivity index (χ3n) is 3.96. The molecule has 0 radical (unpaired) electrons. The van der Waals surface area contributed by atoms with Crippen LogP contribution in [0.2, 0.25) is 0 Å². The number of rotatable bonds is 6. The van der Waals surface area contributed by atoms with Crippen LogP contribution >= 0.6 is 0 Å². The van der Waals surface area contributed by atoms with Gasteiger partial charge in [0.15, 0.2) is 0 Å². The first-order chi connectivity index (χ1) is 11.1. The summed E-state index contributed by atoms with van der Waals surface area (Å²) in [4.78, 5) is 25.6. The van der Waals surface area contributed by atoms with Crippen LogP contribution in [0, 0.1) is 0 Å². The van der Waals surface area contributed by atoms with Crippen LogP contribution in [0.5, 0.6) is 0 Å². The zero-order valence-electron chi connectivity index (χ0n) is 13.7. The number of likely N-dealkylation sites (N-methyl/N-ethyl adjacent to an activating group) is 1. The van der Waals surface area contributed by atoms with Crippen molar-refractivity contribution in [3.8, 4) is 0 Å². The maximum atomic E-state index is 12.3. The Labute approximate surface area is 137 Å². The molecule has 1 aromatic carbocycles. The molecule has 1 aromatic rings. The SMILES string of the molecule is CCN(C[C@H]1CCCO1)C(=O)/C=C/c1ccc(C(=O)NC)cc1. The normalized spacial score (nSPS) is 17.4. The Balaban J connectivity index is 1.94. The van der Waals surface area contributed by atoms with E-state index in [2.05, 4.69) is 5.32 Å². The van der Waals surface area contributed by atoms with Gasteiger partial charge in [0.25, 0.3) is 5.91 Å². The van der Waals surface area contributed by atoms with Gasteiger partial charge >= 0.3 is 0 Å². The van der Waals surface area contributed by atoms with E-state index in [1.165, 1.54) is 0 Å². The first kappa shape index (κ1) is 17.2. The van der Waals surface area contributed by atoms with E-state index in [0.717, 1.165) is 25.0 Å². The number of carbonyl (C=O) groups excluding carboxylic acids is 2. The van der Waals surface area contributed by atoms with Crippen LogP contribution in [0.3, 0.4) is 0 Å². The smallest absolute Gasteiger partial charge is 0.251 e. The average Bonchev–Trinajstić information content (AvgIpc) is 3.10. The molecule has 1 aliphatic heterocycles. The van der Waals surface area contributed by atoms with Crippen LogP contribution in [0.25, 0.3) is 6.08 Å². The molecule has 0 aromatic heterocycles. The summed E-state index contributed by atoms with van der Waals surface area (Å²) in [5.74, 6) is -0.135. The molecule has 124 valence electrons. The second-order valence-corrected chi connectivity index (χ2v) is 5.55. The van der Waals surface area contributed by atoms with E-state index in [-0.39, 0.29) is 17.9 Å². The van der Waals surface area contributed by atoms with Crippen molar-refractivity contribution in [2.45, 2.75) is 25.9 Å². The summed E-state index contributed by atoms with van der Waals surface area (Å²) >= 11 is 0. The molecular weight excluding hydrogens is 292 g/mol. The number of nitrogens with zero attached hydrogens (tertiary/aromatic N) is 1. The fourth-order valence-corrected chi connectivity index (χ4v) is 2.57. The predicted octanol–water partition coefficient (Wildman–Crippen LogP) is 2.09. The molecule has 1 aliphatic rings. The van der Waals surface area contributed by atoms with Gasteiger partial charge in [0.05, 0.1) is 6.10 Å². The largest absolute Gasteiger partial charge is 0.376 e. The number of ether oxygens (including phenoxy) is 1. The molecule has 1 heterocycles. The zero-order valence-corrected chi connectivity index (χ0v) is 13.7. The van der Waals surface area contributed by atoms with Crippen molar-refractivity contribution in [2.24, 2.45) is 0 Å². The molecule has 23 heavy (non-hydrogen) atoms. The molecule has 1 saturated heterocycles. The van der Waals surface area contributed by atoms with Crippen LogP contribution in [0.1, 0.15) is 35.7 Å². The minimum Gasteiger partial charge on any atom is -0.376 e. The van der Waals surface area contributed by atoms with Crippen molar-refractivity contribution in [2.75, 3.05) is 26.7 Å². The summed E-state index contributed by atoms with van der Waals surface area (Å²) in [7, 11) is 1.60. The highest BCUT2D eigenvalue weighted by atomic mass is 16.5. The van der Waals surface area contributed by atoms with Gasteiger partial charge in [-0.2, -0.15) is 0 Å². The van der Waals surface area contributed by atoms with Gasteiger partial charge in [-0.15, -0.1) is 0 Å². The van der Waals surface area contributed by atoms with E-state index in [9.17, 15) is 9.59 Å². The van der Waals surface area contributed by atoms with E-state index in [4.69, 9.17) is 4.74 Å². The summed E-state index contributed by atoms with van der Waals surface area (Å²) < 4.78 is 5.59. The van der Waals surface area contributed by atoms with Crippen LogP contribution in [-0.2, 0) is 9.53 Å². The van der Waals surface area contributed by atoms with Gasteiger partial charge in [-0.05, 0) is 43.5 Å². The Bertz CT molecular complexity index is 560. The van der Waals surface area contributed by atoms with Crippen molar-refractivity contribution in [3.05, 3.63) is 41.5 Å². The van der Waals surface area contributed by atoms with Crippen LogP contribution < -0.4 is 5.32 Å². The lowest BCUT2D eigenvalue weighted by molar-refractivity contribution is -0.127. The molecule has 1 fully saturated rings. The van der Waals surface area contributed by atoms with Gasteiger partial charge in [0.1, 0.15) is 0 Å². The highest BCUT2D eigenvalue weighted by Crippen LogP contribution is 2.14. The number of amides is 2. The quantitative estimate of drug-likeness (QED) is 0.818. The molecule has 5 heteroatoms. The van der Waals surface area contributed by atoms with Crippen LogP contribution in [0.4, 0.5) is 0 Å². The molecule has 5 nitrogen and oxygen atoms in total. The minimum absolute atomic E-state index is 0.0154. The number of nitrogens with one attached hydrogen (secondary N) is 1. The molecule has 0 unspecified atom stereocenters. The van der Waals surface area contributed by atoms with Crippen molar-refractivity contribution in [3.63, 3.8) is 0 Å². The molecule has 2 rings (SSSR count). The lowest BCUT2D eigenvalue weighted by atomic mass is 10.1. The lowest BCUT2D eigenvalue weighted by Gasteiger charge is -2.22. The Morgan fingerprint density at radius 3 is 2.65 bits per heavy atom. The second-order valence-electron chi connectivity index (χ2n) is 5.55. The fraction of sp³-hybridized carbons (Fsp3) is 0.444. The fourth-order valence-electron chi connectivity index (χ4n) is 2.57. The van der Waals surface area contributed by atoms with E-state index in [0.29, 0.717) is 18.7 Å². The number of benzene rings is 1. The molecule has 0 spiro atoms. The molecule has 0 bridgehead atoms. The highest BCUT2D eigenvalue weighted by Gasteiger charge is 2.20. The van der Waals surface area contributed by atoms with Crippen LogP contribution in [-0.4, -0.2) is 49.6 Å². The predicted molar refractivity (Wildman–Crippen MR) is 90.1 cm³/mol. The van der Waals surface area contributed by atoms with Crippen molar-refractivity contribution in [1.29, 1.82) is 0 Å². The first-order valence-corrected chi connectivity index (χ1v) is 8.04. The Kier molecular flexibility index (Phi) is 6.35. The lowest BCUT2D eigenvalue weighted by Crippen LogP contribution is -2.36. The summed E-state index contributed by atoms with van der Waals surface area (Å²) in [5, 5.41) is 2.58. The summed E-state index contributed by atoms with van der Waals surface area (Å²) in [6, 6.07) is 7.13. The number of hydrogen-bond acceptors (Lipinski definition) is 3. The van der Waals surface area contributed by atoms with Gasteiger partial charge in [0.2, 0.25) is 5.91 Å². The minimum atomic E-state index is -0.120. The summed E-state index contributed by atoms with van der Waals surface area (Å²) in [6.07, 6.45) is 5.61. The van der Waals surface area contributed by atoms with E-state index in [1.54, 1.807) is 36.2 Å². The van der Waals surface area contributed by atoms with Gasteiger partial charge in [-0.25, -0.2) is 0 Å². The zero-order chi connectivity index (χ0) is 16.7. The van der Waals surface area contributed by atoms with Crippen molar-refractivity contribution < 1.29 is 14.3 Å². The molecule has 2 amide bonds. The van der Waals surface area contributed by atoms with E-state index < -0.39 is 0 Å². The second kappa shape index (κ2) is 8.48. The van der Waals surface area contributed by atoms with Crippen molar-refractivity contribution >= 4 is 17.9 Å². The van der Waals surface area contributed by atoms with Gasteiger partial charge < -0.3 is 15.0 Å². The summed E-state index contributed by atoms with van der Waals surface area (Å²) in [6.45, 7) is 4.08. The number of hydrogen-bond donors (Lipinski definition) is 1. The Morgan fingerprint density at radius 2 is 2.09 bits per heavy atom. The van der Waals surface area contributed by atoms with E-state index in [1.807, 2.05) is 19.1 Å². The Morgan fingerprint density at radius 1 is 1.35 bits per heavy atom. The highest BCUT2D eigenvalue weighted by molar-refractivity contribution is 5.94. The molecule has 1 N–H and O–H groups in total. The molecular formula is C18H24N2O3. The van der Waals surface area contributed by atoms with Crippen molar-refractivity contribution in [1.82, 2.24) is 10.2 Å². The van der Waals surface area contributed by atoms with Gasteiger partial charge in [-0.3, -0.25) is 9.59 Å². The molecule has 0 saturated carbocycles. The monoisotopic (exact) mass is 316 g/mol. The Hall–Kier alpha value is -2.14.